The molecule has 0 saturated carbocycles. The second-order valence-electron chi connectivity index (χ2n) is 6.52. The molecule has 0 saturated heterocycles. The molecule has 3 aromatic heterocycles. The minimum atomic E-state index is 0.481. The van der Waals surface area contributed by atoms with Crippen LogP contribution in [0.2, 0.25) is 0 Å². The summed E-state index contributed by atoms with van der Waals surface area (Å²) in [5, 5.41) is 17.9. The molecule has 0 aliphatic heterocycles. The van der Waals surface area contributed by atoms with Crippen molar-refractivity contribution in [3.8, 4) is 28.5 Å². The van der Waals surface area contributed by atoms with E-state index >= 15 is 0 Å². The van der Waals surface area contributed by atoms with Crippen LogP contribution in [0.25, 0.3) is 28.5 Å². The number of furan rings is 1. The molecule has 0 radical (unpaired) electrons. The third-order valence-corrected chi connectivity index (χ3v) is 5.47. The van der Waals surface area contributed by atoms with E-state index in [9.17, 15) is 0 Å². The number of hydrogen-bond donors (Lipinski definition) is 0. The summed E-state index contributed by atoms with van der Waals surface area (Å²) in [5.41, 5.74) is 2.77. The largest absolute Gasteiger partial charge is 0.469 e. The monoisotopic (exact) mass is 415 g/mol. The number of benzene rings is 2. The Balaban J connectivity index is 1.45. The summed E-state index contributed by atoms with van der Waals surface area (Å²) in [6.45, 7) is 1.91. The number of aromatic nitrogens is 5. The van der Waals surface area contributed by atoms with E-state index in [-0.39, 0.29) is 0 Å². The molecule has 7 nitrogen and oxygen atoms in total. The van der Waals surface area contributed by atoms with Crippen LogP contribution in [-0.4, -0.2) is 25.0 Å². The first kappa shape index (κ1) is 18.4. The number of rotatable bonds is 6. The molecular formula is C22H17N5O2S. The Morgan fingerprint density at radius 2 is 1.63 bits per heavy atom. The lowest BCUT2D eigenvalue weighted by atomic mass is 10.2. The van der Waals surface area contributed by atoms with E-state index in [4.69, 9.17) is 8.83 Å². The van der Waals surface area contributed by atoms with E-state index in [0.717, 1.165) is 33.6 Å². The molecule has 2 aromatic carbocycles. The summed E-state index contributed by atoms with van der Waals surface area (Å²) in [6, 6.07) is 21.6. The van der Waals surface area contributed by atoms with E-state index < -0.39 is 0 Å². The molecule has 5 aromatic rings. The van der Waals surface area contributed by atoms with Crippen LogP contribution in [-0.2, 0) is 5.75 Å². The normalized spacial score (nSPS) is 11.1. The van der Waals surface area contributed by atoms with Crippen LogP contribution < -0.4 is 0 Å². The fourth-order valence-corrected chi connectivity index (χ4v) is 3.89. The van der Waals surface area contributed by atoms with Crippen molar-refractivity contribution in [3.63, 3.8) is 0 Å². The first-order valence-electron chi connectivity index (χ1n) is 9.35. The molecule has 0 aliphatic rings. The molecule has 0 aliphatic carbocycles. The molecule has 148 valence electrons. The lowest BCUT2D eigenvalue weighted by molar-refractivity contribution is 0.528. The molecule has 8 heteroatoms. The first-order chi connectivity index (χ1) is 14.8. The van der Waals surface area contributed by atoms with Crippen LogP contribution >= 0.6 is 11.8 Å². The molecule has 30 heavy (non-hydrogen) atoms. The van der Waals surface area contributed by atoms with Crippen LogP contribution in [0.15, 0.2) is 87.0 Å². The van der Waals surface area contributed by atoms with Gasteiger partial charge in [0.25, 0.3) is 0 Å². The number of thioether (sulfide) groups is 1. The fourth-order valence-electron chi connectivity index (χ4n) is 3.10. The topological polar surface area (TPSA) is 82.8 Å². The SMILES string of the molecule is Cc1occc1-c1nnc(SCc2nnc(-c3ccccc3)o2)n1-c1ccccc1. The summed E-state index contributed by atoms with van der Waals surface area (Å²) in [4.78, 5) is 0. The summed E-state index contributed by atoms with van der Waals surface area (Å²) in [5.74, 6) is 3.04. The van der Waals surface area contributed by atoms with Crippen molar-refractivity contribution in [2.24, 2.45) is 0 Å². The summed E-state index contributed by atoms with van der Waals surface area (Å²) in [6.07, 6.45) is 1.66. The molecular weight excluding hydrogens is 398 g/mol. The van der Waals surface area contributed by atoms with Crippen molar-refractivity contribution in [2.45, 2.75) is 17.8 Å². The zero-order chi connectivity index (χ0) is 20.3. The van der Waals surface area contributed by atoms with Crippen LogP contribution in [0.4, 0.5) is 0 Å². The van der Waals surface area contributed by atoms with Crippen molar-refractivity contribution in [1.29, 1.82) is 0 Å². The Bertz CT molecular complexity index is 1260. The molecule has 0 spiro atoms. The zero-order valence-corrected chi connectivity index (χ0v) is 16.9. The highest BCUT2D eigenvalue weighted by Crippen LogP contribution is 2.31. The molecule has 0 atom stereocenters. The maximum Gasteiger partial charge on any atom is 0.247 e. The average Bonchev–Trinajstić information content (AvgIpc) is 3.53. The Morgan fingerprint density at radius 3 is 2.37 bits per heavy atom. The van der Waals surface area contributed by atoms with Crippen LogP contribution in [0.5, 0.6) is 0 Å². The van der Waals surface area contributed by atoms with E-state index in [1.807, 2.05) is 78.2 Å². The van der Waals surface area contributed by atoms with Gasteiger partial charge in [0.15, 0.2) is 11.0 Å². The number of hydrogen-bond acceptors (Lipinski definition) is 7. The zero-order valence-electron chi connectivity index (χ0n) is 16.1. The Hall–Kier alpha value is -3.65. The number of nitrogens with zero attached hydrogens (tertiary/aromatic N) is 5. The van der Waals surface area contributed by atoms with Crippen LogP contribution in [0, 0.1) is 6.92 Å². The molecule has 5 rings (SSSR count). The van der Waals surface area contributed by atoms with Gasteiger partial charge in [0.1, 0.15) is 5.76 Å². The van der Waals surface area contributed by atoms with Gasteiger partial charge in [-0.15, -0.1) is 20.4 Å². The van der Waals surface area contributed by atoms with E-state index in [1.165, 1.54) is 11.8 Å². The molecule has 0 unspecified atom stereocenters. The molecule has 0 fully saturated rings. The summed E-state index contributed by atoms with van der Waals surface area (Å²) < 4.78 is 13.3. The minimum absolute atomic E-state index is 0.481. The van der Waals surface area contributed by atoms with Crippen molar-refractivity contribution in [2.75, 3.05) is 0 Å². The van der Waals surface area contributed by atoms with E-state index in [0.29, 0.717) is 17.5 Å². The van der Waals surface area contributed by atoms with Gasteiger partial charge in [0.2, 0.25) is 11.8 Å². The number of para-hydroxylation sites is 1. The standard InChI is InChI=1S/C22H17N5O2S/c1-15-18(12-13-28-15)20-24-26-22(27(20)17-10-6-3-7-11-17)30-14-19-23-25-21(29-19)16-8-4-2-5-9-16/h2-13H,14H2,1H3. The lowest BCUT2D eigenvalue weighted by Gasteiger charge is -2.09. The van der Waals surface area contributed by atoms with Crippen molar-refractivity contribution >= 4 is 11.8 Å². The number of aryl methyl sites for hydroxylation is 1. The summed E-state index contributed by atoms with van der Waals surface area (Å²) in [7, 11) is 0. The quantitative estimate of drug-likeness (QED) is 0.353. The van der Waals surface area contributed by atoms with Gasteiger partial charge in [-0.25, -0.2) is 0 Å². The second kappa shape index (κ2) is 8.00. The predicted octanol–water partition coefficient (Wildman–Crippen LogP) is 5.18. The predicted molar refractivity (Wildman–Crippen MR) is 113 cm³/mol. The van der Waals surface area contributed by atoms with Crippen molar-refractivity contribution in [1.82, 2.24) is 25.0 Å². The molecule has 3 heterocycles. The van der Waals surface area contributed by atoms with Gasteiger partial charge >= 0.3 is 0 Å². The van der Waals surface area contributed by atoms with Gasteiger partial charge in [-0.2, -0.15) is 0 Å². The van der Waals surface area contributed by atoms with E-state index in [1.54, 1.807) is 6.26 Å². The Morgan fingerprint density at radius 1 is 0.867 bits per heavy atom. The molecule has 0 N–H and O–H groups in total. The second-order valence-corrected chi connectivity index (χ2v) is 7.47. The van der Waals surface area contributed by atoms with Gasteiger partial charge in [-0.05, 0) is 37.3 Å². The molecule has 0 bridgehead atoms. The first-order valence-corrected chi connectivity index (χ1v) is 10.3. The lowest BCUT2D eigenvalue weighted by Crippen LogP contribution is -1.99. The van der Waals surface area contributed by atoms with Crippen molar-refractivity contribution in [3.05, 3.63) is 84.6 Å². The third kappa shape index (κ3) is 3.53. The maximum absolute atomic E-state index is 5.82. The minimum Gasteiger partial charge on any atom is -0.469 e. The van der Waals surface area contributed by atoms with Gasteiger partial charge in [0, 0.05) is 11.3 Å². The summed E-state index contributed by atoms with van der Waals surface area (Å²) >= 11 is 1.49. The van der Waals surface area contributed by atoms with Crippen LogP contribution in [0.3, 0.4) is 0 Å². The third-order valence-electron chi connectivity index (χ3n) is 4.56. The molecule has 0 amide bonds. The van der Waals surface area contributed by atoms with Crippen LogP contribution in [0.1, 0.15) is 11.7 Å². The Kier molecular flexibility index (Phi) is 4.90. The smallest absolute Gasteiger partial charge is 0.247 e. The van der Waals surface area contributed by atoms with Gasteiger partial charge in [-0.1, -0.05) is 48.2 Å². The van der Waals surface area contributed by atoms with Gasteiger partial charge < -0.3 is 8.83 Å². The van der Waals surface area contributed by atoms with Gasteiger partial charge in [-0.3, -0.25) is 4.57 Å². The average molecular weight is 415 g/mol. The fraction of sp³-hybridized carbons (Fsp3) is 0.0909. The Labute approximate surface area is 176 Å². The maximum atomic E-state index is 5.82. The van der Waals surface area contributed by atoms with Crippen molar-refractivity contribution < 1.29 is 8.83 Å². The van der Waals surface area contributed by atoms with Gasteiger partial charge in [0.05, 0.1) is 17.6 Å². The highest BCUT2D eigenvalue weighted by molar-refractivity contribution is 7.98. The highest BCUT2D eigenvalue weighted by Gasteiger charge is 2.19. The van der Waals surface area contributed by atoms with E-state index in [2.05, 4.69) is 20.4 Å². The highest BCUT2D eigenvalue weighted by atomic mass is 32.2.